The summed E-state index contributed by atoms with van der Waals surface area (Å²) in [5.41, 5.74) is 0. The van der Waals surface area contributed by atoms with Gasteiger partial charge in [0.2, 0.25) is 5.91 Å². The zero-order valence-electron chi connectivity index (χ0n) is 40.9. The van der Waals surface area contributed by atoms with E-state index >= 15 is 0 Å². The van der Waals surface area contributed by atoms with Crippen LogP contribution in [0.5, 0.6) is 0 Å². The van der Waals surface area contributed by atoms with Gasteiger partial charge in [0.1, 0.15) is 6.10 Å². The van der Waals surface area contributed by atoms with E-state index in [1.165, 1.54) is 135 Å². The topological polar surface area (TPSA) is 76.2 Å². The fraction of sp³-hybridized carbons (Fsp3) is 0.906. The van der Waals surface area contributed by atoms with E-state index in [0.717, 1.165) is 110 Å². The quantitative estimate of drug-likeness (QED) is 0.0345. The Morgan fingerprint density at radius 1 is 0.467 bits per heavy atom. The van der Waals surface area contributed by atoms with Crippen LogP contribution in [0.1, 0.15) is 265 Å². The summed E-state index contributed by atoms with van der Waals surface area (Å²) in [5, 5.41) is 0. The fourth-order valence-corrected chi connectivity index (χ4v) is 8.10. The highest BCUT2D eigenvalue weighted by Gasteiger charge is 2.15. The highest BCUT2D eigenvalue weighted by molar-refractivity contribution is 5.75. The molecule has 0 aromatic heterocycles. The third kappa shape index (κ3) is 41.5. The molecule has 0 rings (SSSR count). The average molecular weight is 847 g/mol. The maximum absolute atomic E-state index is 12.9. The summed E-state index contributed by atoms with van der Waals surface area (Å²) in [5.74, 6) is 0.243. The number of carbonyl (C=O) groups is 3. The summed E-state index contributed by atoms with van der Waals surface area (Å²) >= 11 is 0. The number of carbonyl (C=O) groups excluding carboxylic acids is 3. The first-order valence-electron chi connectivity index (χ1n) is 26.3. The molecule has 60 heavy (non-hydrogen) atoms. The Morgan fingerprint density at radius 3 is 1.37 bits per heavy atom. The molecule has 0 spiro atoms. The molecule has 7 heteroatoms. The minimum Gasteiger partial charge on any atom is -0.466 e. The number of esters is 2. The largest absolute Gasteiger partial charge is 0.466 e. The van der Waals surface area contributed by atoms with Gasteiger partial charge in [-0.15, -0.1) is 0 Å². The molecule has 0 fully saturated rings. The number of hydrogen-bond donors (Lipinski definition) is 0. The van der Waals surface area contributed by atoms with Crippen LogP contribution in [-0.2, 0) is 23.9 Å². The first-order chi connectivity index (χ1) is 29.4. The van der Waals surface area contributed by atoms with E-state index in [9.17, 15) is 14.4 Å². The molecule has 0 bridgehead atoms. The molecule has 0 aromatic carbocycles. The van der Waals surface area contributed by atoms with Gasteiger partial charge in [0, 0.05) is 32.9 Å². The van der Waals surface area contributed by atoms with Gasteiger partial charge in [0.15, 0.2) is 0 Å². The van der Waals surface area contributed by atoms with Crippen LogP contribution in [0, 0.1) is 0 Å². The molecule has 0 aromatic rings. The second-order valence-electron chi connectivity index (χ2n) is 18.1. The van der Waals surface area contributed by atoms with Crippen molar-refractivity contribution >= 4 is 17.8 Å². The Balaban J connectivity index is 4.53. The normalized spacial score (nSPS) is 11.7. The highest BCUT2D eigenvalue weighted by atomic mass is 16.5. The number of nitrogens with zero attached hydrogens (tertiary/aromatic N) is 2. The van der Waals surface area contributed by atoms with Crippen LogP contribution in [0.2, 0.25) is 0 Å². The Bertz CT molecular complexity index is 955. The summed E-state index contributed by atoms with van der Waals surface area (Å²) in [7, 11) is 1.92. The van der Waals surface area contributed by atoms with Crippen molar-refractivity contribution < 1.29 is 23.9 Å². The first kappa shape index (κ1) is 58.1. The summed E-state index contributed by atoms with van der Waals surface area (Å²) in [6.07, 6.45) is 46.1. The molecule has 0 atom stereocenters. The number of hydrogen-bond acceptors (Lipinski definition) is 6. The van der Waals surface area contributed by atoms with Crippen molar-refractivity contribution in [3.63, 3.8) is 0 Å². The van der Waals surface area contributed by atoms with Crippen molar-refractivity contribution in [3.05, 3.63) is 12.2 Å². The molecule has 0 aliphatic rings. The SMILES string of the molecule is C/C=C\CCN(C)C(=O)CCCCN(CCCCCCCC(=O)OCCCCCCCCC)CCCCCCCC(=O)OC(CCCCCCCC)CCCCCCCC. The maximum atomic E-state index is 12.9. The van der Waals surface area contributed by atoms with E-state index in [1.807, 2.05) is 24.9 Å². The van der Waals surface area contributed by atoms with Crippen molar-refractivity contribution in [2.75, 3.05) is 39.8 Å². The van der Waals surface area contributed by atoms with Crippen LogP contribution in [0.15, 0.2) is 12.2 Å². The van der Waals surface area contributed by atoms with Crippen LogP contribution in [0.3, 0.4) is 0 Å². The zero-order chi connectivity index (χ0) is 44.0. The number of unbranched alkanes of at least 4 members (excludes halogenated alkanes) is 25. The molecule has 0 heterocycles. The standard InChI is InChI=1S/C53H102N2O5/c1-6-10-14-17-20-29-39-49-59-52(57)43-32-25-21-27-36-46-55(48-38-34-42-51(56)54(5)45-35-13-9-4)47-37-28-22-26-33-44-53(58)60-50(40-30-23-18-15-11-7-2)41-31-24-19-16-12-8-3/h9,13,50H,6-8,10-12,14-49H2,1-5H3/b13-9-. The zero-order valence-corrected chi connectivity index (χ0v) is 40.9. The lowest BCUT2D eigenvalue weighted by atomic mass is 10.0. The lowest BCUT2D eigenvalue weighted by Gasteiger charge is -2.23. The van der Waals surface area contributed by atoms with E-state index < -0.39 is 0 Å². The molecule has 354 valence electrons. The summed E-state index contributed by atoms with van der Waals surface area (Å²) in [6, 6.07) is 0. The smallest absolute Gasteiger partial charge is 0.306 e. The highest BCUT2D eigenvalue weighted by Crippen LogP contribution is 2.19. The van der Waals surface area contributed by atoms with Crippen LogP contribution < -0.4 is 0 Å². The monoisotopic (exact) mass is 847 g/mol. The predicted octanol–water partition coefficient (Wildman–Crippen LogP) is 15.3. The van der Waals surface area contributed by atoms with E-state index in [0.29, 0.717) is 25.9 Å². The lowest BCUT2D eigenvalue weighted by Crippen LogP contribution is -2.29. The van der Waals surface area contributed by atoms with Crippen LogP contribution in [0.25, 0.3) is 0 Å². The van der Waals surface area contributed by atoms with Gasteiger partial charge in [-0.25, -0.2) is 0 Å². The van der Waals surface area contributed by atoms with Crippen LogP contribution in [-0.4, -0.2) is 73.6 Å². The molecule has 0 saturated heterocycles. The van der Waals surface area contributed by atoms with Crippen molar-refractivity contribution in [2.24, 2.45) is 0 Å². The molecule has 1 amide bonds. The van der Waals surface area contributed by atoms with Crippen molar-refractivity contribution in [3.8, 4) is 0 Å². The molecule has 0 saturated carbocycles. The average Bonchev–Trinajstić information content (AvgIpc) is 3.24. The number of ether oxygens (including phenoxy) is 2. The minimum atomic E-state index is -0.0270. The summed E-state index contributed by atoms with van der Waals surface area (Å²) < 4.78 is 11.6. The third-order valence-corrected chi connectivity index (χ3v) is 12.2. The summed E-state index contributed by atoms with van der Waals surface area (Å²) in [6.45, 7) is 13.4. The molecule has 0 aliphatic heterocycles. The van der Waals surface area contributed by atoms with Crippen molar-refractivity contribution in [1.82, 2.24) is 9.80 Å². The second kappa shape index (κ2) is 46.6. The minimum absolute atomic E-state index is 0.0179. The molecule has 0 N–H and O–H groups in total. The van der Waals surface area contributed by atoms with Gasteiger partial charge in [-0.05, 0) is 104 Å². The molecule has 0 radical (unpaired) electrons. The molecular formula is C53H102N2O5. The molecule has 7 nitrogen and oxygen atoms in total. The van der Waals surface area contributed by atoms with E-state index in [-0.39, 0.29) is 23.9 Å². The van der Waals surface area contributed by atoms with Gasteiger partial charge in [-0.2, -0.15) is 0 Å². The summed E-state index contributed by atoms with van der Waals surface area (Å²) in [4.78, 5) is 42.1. The third-order valence-electron chi connectivity index (χ3n) is 12.2. The Kier molecular flexibility index (Phi) is 45.1. The number of rotatable bonds is 47. The maximum Gasteiger partial charge on any atom is 0.306 e. The molecule has 0 aliphatic carbocycles. The Labute approximate surface area is 373 Å². The van der Waals surface area contributed by atoms with E-state index in [2.05, 4.69) is 31.7 Å². The lowest BCUT2D eigenvalue weighted by molar-refractivity contribution is -0.150. The van der Waals surface area contributed by atoms with E-state index in [4.69, 9.17) is 9.47 Å². The predicted molar refractivity (Wildman–Crippen MR) is 258 cm³/mol. The number of amides is 1. The van der Waals surface area contributed by atoms with E-state index in [1.54, 1.807) is 0 Å². The first-order valence-corrected chi connectivity index (χ1v) is 26.3. The van der Waals surface area contributed by atoms with Gasteiger partial charge >= 0.3 is 11.9 Å². The van der Waals surface area contributed by atoms with Gasteiger partial charge in [-0.1, -0.05) is 174 Å². The Morgan fingerprint density at radius 2 is 0.867 bits per heavy atom. The fourth-order valence-electron chi connectivity index (χ4n) is 8.10. The molecular weight excluding hydrogens is 745 g/mol. The van der Waals surface area contributed by atoms with Crippen molar-refractivity contribution in [2.45, 2.75) is 271 Å². The van der Waals surface area contributed by atoms with Crippen LogP contribution >= 0.6 is 0 Å². The number of allylic oxidation sites excluding steroid dienone is 1. The van der Waals surface area contributed by atoms with Crippen LogP contribution in [0.4, 0.5) is 0 Å². The van der Waals surface area contributed by atoms with Gasteiger partial charge in [-0.3, -0.25) is 14.4 Å². The Hall–Kier alpha value is -1.89. The van der Waals surface area contributed by atoms with Crippen molar-refractivity contribution in [1.29, 1.82) is 0 Å². The molecule has 0 unspecified atom stereocenters. The second-order valence-corrected chi connectivity index (χ2v) is 18.1. The van der Waals surface area contributed by atoms with Gasteiger partial charge in [0.25, 0.3) is 0 Å². The van der Waals surface area contributed by atoms with Gasteiger partial charge < -0.3 is 19.3 Å². The van der Waals surface area contributed by atoms with Gasteiger partial charge in [0.05, 0.1) is 6.61 Å².